The summed E-state index contributed by atoms with van der Waals surface area (Å²) in [6.45, 7) is 2.38. The number of nitrogens with zero attached hydrogens (tertiary/aromatic N) is 4. The first-order valence-electron chi connectivity index (χ1n) is 10.4. The van der Waals surface area contributed by atoms with Crippen molar-refractivity contribution in [2.75, 3.05) is 11.9 Å². The number of pyridine rings is 1. The van der Waals surface area contributed by atoms with Gasteiger partial charge in [0, 0.05) is 24.8 Å². The predicted molar refractivity (Wildman–Crippen MR) is 122 cm³/mol. The number of anilines is 1. The number of amidine groups is 1. The van der Waals surface area contributed by atoms with E-state index in [2.05, 4.69) is 15.4 Å². The molecule has 3 aromatic rings. The molecule has 3 heterocycles. The molecule has 0 spiro atoms. The number of benzene rings is 1. The number of rotatable bonds is 2. The SMILES string of the molecule is CC1CCCOc2ccc(-c3cnn(C)c3)cc2C(=O)Nc2cccc(n2)C(=N)N1C=N. The van der Waals surface area contributed by atoms with E-state index in [1.165, 1.54) is 0 Å². The van der Waals surface area contributed by atoms with Gasteiger partial charge in [-0.1, -0.05) is 12.1 Å². The number of amides is 1. The highest BCUT2D eigenvalue weighted by molar-refractivity contribution is 6.07. The molecule has 0 aliphatic carbocycles. The third-order valence-electron chi connectivity index (χ3n) is 5.39. The summed E-state index contributed by atoms with van der Waals surface area (Å²) in [5, 5.41) is 23.3. The Balaban J connectivity index is 1.73. The zero-order chi connectivity index (χ0) is 22.7. The molecule has 2 bridgehead atoms. The third kappa shape index (κ3) is 4.36. The lowest BCUT2D eigenvalue weighted by atomic mass is 10.0. The fourth-order valence-corrected chi connectivity index (χ4v) is 3.65. The summed E-state index contributed by atoms with van der Waals surface area (Å²) in [5.74, 6) is 0.578. The van der Waals surface area contributed by atoms with Crippen LogP contribution in [0.2, 0.25) is 0 Å². The van der Waals surface area contributed by atoms with Crippen molar-refractivity contribution in [3.8, 4) is 16.9 Å². The molecule has 9 heteroatoms. The predicted octanol–water partition coefficient (Wildman–Crippen LogP) is 3.53. The van der Waals surface area contributed by atoms with Crippen molar-refractivity contribution >= 4 is 23.9 Å². The van der Waals surface area contributed by atoms with E-state index in [1.807, 2.05) is 26.2 Å². The number of carbonyl (C=O) groups is 1. The minimum Gasteiger partial charge on any atom is -0.493 e. The highest BCUT2D eigenvalue weighted by Crippen LogP contribution is 2.28. The van der Waals surface area contributed by atoms with Crippen LogP contribution in [0, 0.1) is 10.8 Å². The van der Waals surface area contributed by atoms with Crippen molar-refractivity contribution < 1.29 is 9.53 Å². The summed E-state index contributed by atoms with van der Waals surface area (Å²) in [6, 6.07) is 10.5. The number of hydrogen-bond donors (Lipinski definition) is 3. The van der Waals surface area contributed by atoms with Crippen LogP contribution < -0.4 is 10.1 Å². The van der Waals surface area contributed by atoms with E-state index in [0.29, 0.717) is 42.3 Å². The minimum atomic E-state index is -0.351. The topological polar surface area (TPSA) is 120 Å². The first kappa shape index (κ1) is 21.2. The van der Waals surface area contributed by atoms with Gasteiger partial charge in [-0.25, -0.2) is 4.98 Å². The zero-order valence-corrected chi connectivity index (χ0v) is 18.0. The molecule has 4 rings (SSSR count). The van der Waals surface area contributed by atoms with Crippen LogP contribution in [0.5, 0.6) is 5.75 Å². The van der Waals surface area contributed by atoms with E-state index in [0.717, 1.165) is 17.5 Å². The molecule has 1 aromatic carbocycles. The average Bonchev–Trinajstić information content (AvgIpc) is 3.23. The van der Waals surface area contributed by atoms with Gasteiger partial charge in [-0.3, -0.25) is 20.3 Å². The minimum absolute atomic E-state index is 0.0704. The third-order valence-corrected chi connectivity index (χ3v) is 5.39. The summed E-state index contributed by atoms with van der Waals surface area (Å²) in [5.41, 5.74) is 2.54. The Kier molecular flexibility index (Phi) is 5.98. The van der Waals surface area contributed by atoms with Gasteiger partial charge < -0.3 is 15.0 Å². The molecule has 9 nitrogen and oxygen atoms in total. The van der Waals surface area contributed by atoms with E-state index in [9.17, 15) is 4.79 Å². The summed E-state index contributed by atoms with van der Waals surface area (Å²) in [7, 11) is 1.84. The molecule has 164 valence electrons. The number of fused-ring (bicyclic) bond motifs is 3. The van der Waals surface area contributed by atoms with Crippen LogP contribution in [0.1, 0.15) is 35.8 Å². The molecule has 0 saturated heterocycles. The average molecular weight is 432 g/mol. The quantitative estimate of drug-likeness (QED) is 0.423. The molecule has 2 aromatic heterocycles. The molecule has 1 unspecified atom stereocenters. The molecule has 0 fully saturated rings. The molecule has 3 N–H and O–H groups in total. The Hall–Kier alpha value is -4.01. The van der Waals surface area contributed by atoms with Gasteiger partial charge >= 0.3 is 0 Å². The molecule has 1 aliphatic heterocycles. The lowest BCUT2D eigenvalue weighted by Gasteiger charge is -2.27. The standard InChI is InChI=1S/C23H25N7O2/c1-15-5-4-10-32-20-9-8-16(17-12-26-29(2)13-17)11-18(20)23(31)28-21-7-3-6-19(27-21)22(25)30(15)14-24/h3,6-9,11-15,24-25H,4-5,10H2,1-2H3,(H,27,28,31). The summed E-state index contributed by atoms with van der Waals surface area (Å²) < 4.78 is 7.68. The Morgan fingerprint density at radius 2 is 2.09 bits per heavy atom. The second-order valence-corrected chi connectivity index (χ2v) is 7.70. The molecule has 32 heavy (non-hydrogen) atoms. The second-order valence-electron chi connectivity index (χ2n) is 7.70. The van der Waals surface area contributed by atoms with Crippen molar-refractivity contribution in [1.82, 2.24) is 19.7 Å². The Morgan fingerprint density at radius 3 is 2.84 bits per heavy atom. The summed E-state index contributed by atoms with van der Waals surface area (Å²) >= 11 is 0. The van der Waals surface area contributed by atoms with Crippen LogP contribution in [0.25, 0.3) is 11.1 Å². The number of nitrogens with one attached hydrogen (secondary N) is 3. The molecule has 0 saturated carbocycles. The molecule has 1 aliphatic rings. The maximum absolute atomic E-state index is 13.2. The van der Waals surface area contributed by atoms with Crippen molar-refractivity contribution in [1.29, 1.82) is 10.8 Å². The Morgan fingerprint density at radius 1 is 1.25 bits per heavy atom. The number of hydrogen-bond acceptors (Lipinski definition) is 6. The lowest BCUT2D eigenvalue weighted by molar-refractivity contribution is 0.102. The van der Waals surface area contributed by atoms with E-state index in [4.69, 9.17) is 15.6 Å². The van der Waals surface area contributed by atoms with Gasteiger partial charge in [-0.15, -0.1) is 0 Å². The van der Waals surface area contributed by atoms with Gasteiger partial charge in [0.15, 0.2) is 5.84 Å². The fourth-order valence-electron chi connectivity index (χ4n) is 3.65. The molecular weight excluding hydrogens is 406 g/mol. The van der Waals surface area contributed by atoms with E-state index in [1.54, 1.807) is 46.1 Å². The van der Waals surface area contributed by atoms with Crippen molar-refractivity contribution in [2.45, 2.75) is 25.8 Å². The van der Waals surface area contributed by atoms with Crippen LogP contribution in [-0.2, 0) is 7.05 Å². The zero-order valence-electron chi connectivity index (χ0n) is 18.0. The first-order valence-corrected chi connectivity index (χ1v) is 10.4. The fraction of sp³-hybridized carbons (Fsp3) is 0.261. The van der Waals surface area contributed by atoms with Gasteiger partial charge in [0.25, 0.3) is 5.91 Å². The molecule has 1 atom stereocenters. The Labute approximate surface area is 186 Å². The van der Waals surface area contributed by atoms with Crippen LogP contribution in [0.4, 0.5) is 5.82 Å². The largest absolute Gasteiger partial charge is 0.493 e. The van der Waals surface area contributed by atoms with Gasteiger partial charge in [0.2, 0.25) is 0 Å². The molecule has 1 amide bonds. The highest BCUT2D eigenvalue weighted by atomic mass is 16.5. The van der Waals surface area contributed by atoms with Crippen LogP contribution in [0.3, 0.4) is 0 Å². The number of aromatic nitrogens is 3. The maximum Gasteiger partial charge on any atom is 0.260 e. The monoisotopic (exact) mass is 431 g/mol. The summed E-state index contributed by atoms with van der Waals surface area (Å²) in [6.07, 6.45) is 6.19. The molecule has 0 radical (unpaired) electrons. The van der Waals surface area contributed by atoms with E-state index in [-0.39, 0.29) is 17.8 Å². The van der Waals surface area contributed by atoms with Gasteiger partial charge in [-0.2, -0.15) is 5.10 Å². The summed E-state index contributed by atoms with van der Waals surface area (Å²) in [4.78, 5) is 19.2. The van der Waals surface area contributed by atoms with Gasteiger partial charge in [0.1, 0.15) is 17.3 Å². The van der Waals surface area contributed by atoms with Gasteiger partial charge in [-0.05, 0) is 49.6 Å². The number of aryl methyl sites for hydroxylation is 1. The van der Waals surface area contributed by atoms with Crippen molar-refractivity contribution in [3.05, 3.63) is 60.0 Å². The van der Waals surface area contributed by atoms with Crippen LogP contribution in [-0.4, -0.2) is 50.4 Å². The normalized spacial score (nSPS) is 17.1. The lowest BCUT2D eigenvalue weighted by Crippen LogP contribution is -2.38. The maximum atomic E-state index is 13.2. The van der Waals surface area contributed by atoms with Crippen molar-refractivity contribution in [2.24, 2.45) is 7.05 Å². The van der Waals surface area contributed by atoms with Crippen LogP contribution in [0.15, 0.2) is 48.8 Å². The highest BCUT2D eigenvalue weighted by Gasteiger charge is 2.21. The van der Waals surface area contributed by atoms with E-state index < -0.39 is 0 Å². The van der Waals surface area contributed by atoms with Gasteiger partial charge in [0.05, 0.1) is 24.7 Å². The first-order chi connectivity index (χ1) is 15.5. The number of ether oxygens (including phenoxy) is 1. The smallest absolute Gasteiger partial charge is 0.260 e. The van der Waals surface area contributed by atoms with E-state index >= 15 is 0 Å². The molecular formula is C23H25N7O2. The Bertz CT molecular complexity index is 1170. The number of carbonyl (C=O) groups excluding carboxylic acids is 1. The second kappa shape index (κ2) is 9.01. The van der Waals surface area contributed by atoms with Crippen molar-refractivity contribution in [3.63, 3.8) is 0 Å². The van der Waals surface area contributed by atoms with Crippen LogP contribution >= 0.6 is 0 Å².